The fourth-order valence-corrected chi connectivity index (χ4v) is 3.12. The lowest BCUT2D eigenvalue weighted by atomic mass is 10.1. The molecule has 0 aliphatic carbocycles. The highest BCUT2D eigenvalue weighted by molar-refractivity contribution is 9.10. The van der Waals surface area contributed by atoms with Crippen molar-refractivity contribution in [1.82, 2.24) is 0 Å². The third kappa shape index (κ3) is 3.05. The number of rotatable bonds is 2. The molecular formula is C13H10BrClOS. The highest BCUT2D eigenvalue weighted by atomic mass is 79.9. The molecule has 0 bridgehead atoms. The fourth-order valence-electron chi connectivity index (χ4n) is 1.63. The van der Waals surface area contributed by atoms with Gasteiger partial charge in [-0.2, -0.15) is 0 Å². The lowest BCUT2D eigenvalue weighted by Gasteiger charge is -2.11. The Bertz CT molecular complexity index is 543. The van der Waals surface area contributed by atoms with Crippen molar-refractivity contribution in [2.45, 2.75) is 4.90 Å². The minimum absolute atomic E-state index is 0.679. The van der Waals surface area contributed by atoms with Crippen LogP contribution in [-0.2, 0) is 11.2 Å². The van der Waals surface area contributed by atoms with Crippen molar-refractivity contribution in [1.29, 1.82) is 0 Å². The molecular weight excluding hydrogens is 320 g/mol. The molecule has 2 aromatic carbocycles. The first-order valence-electron chi connectivity index (χ1n) is 4.97. The number of benzene rings is 2. The molecule has 2 rings (SSSR count). The maximum absolute atomic E-state index is 11.7. The summed E-state index contributed by atoms with van der Waals surface area (Å²) in [6, 6.07) is 13.3. The molecule has 88 valence electrons. The Kier molecular flexibility index (Phi) is 4.15. The van der Waals surface area contributed by atoms with E-state index in [2.05, 4.69) is 15.9 Å². The summed E-state index contributed by atoms with van der Waals surface area (Å²) in [4.78, 5) is 0.807. The van der Waals surface area contributed by atoms with Crippen LogP contribution < -0.4 is 0 Å². The first kappa shape index (κ1) is 13.0. The van der Waals surface area contributed by atoms with Gasteiger partial charge in [-0.25, -0.2) is 0 Å². The van der Waals surface area contributed by atoms with Crippen molar-refractivity contribution in [2.75, 3.05) is 6.26 Å². The van der Waals surface area contributed by atoms with Gasteiger partial charge in [-0.3, -0.25) is 0 Å². The summed E-state index contributed by atoms with van der Waals surface area (Å²) < 4.78 is 12.7. The van der Waals surface area contributed by atoms with E-state index in [9.17, 15) is 4.55 Å². The van der Waals surface area contributed by atoms with Crippen LogP contribution in [0.1, 0.15) is 0 Å². The van der Waals surface area contributed by atoms with Crippen molar-refractivity contribution < 1.29 is 4.55 Å². The molecule has 17 heavy (non-hydrogen) atoms. The predicted molar refractivity (Wildman–Crippen MR) is 76.9 cm³/mol. The molecule has 2 aromatic rings. The van der Waals surface area contributed by atoms with Crippen LogP contribution >= 0.6 is 27.5 Å². The highest BCUT2D eigenvalue weighted by Crippen LogP contribution is 2.31. The molecule has 0 aliphatic rings. The second kappa shape index (κ2) is 5.44. The second-order valence-electron chi connectivity index (χ2n) is 3.60. The zero-order chi connectivity index (χ0) is 12.4. The first-order chi connectivity index (χ1) is 8.08. The van der Waals surface area contributed by atoms with Crippen LogP contribution in [0.5, 0.6) is 0 Å². The summed E-state index contributed by atoms with van der Waals surface area (Å²) in [5.74, 6) is 0. The Morgan fingerprint density at radius 1 is 1.18 bits per heavy atom. The van der Waals surface area contributed by atoms with Gasteiger partial charge in [0.15, 0.2) is 4.90 Å². The van der Waals surface area contributed by atoms with Gasteiger partial charge >= 0.3 is 0 Å². The summed E-state index contributed by atoms with van der Waals surface area (Å²) in [7, 11) is 0. The quantitative estimate of drug-likeness (QED) is 0.744. The van der Waals surface area contributed by atoms with Crippen LogP contribution in [-0.4, -0.2) is 10.8 Å². The summed E-state index contributed by atoms with van der Waals surface area (Å²) in [6.45, 7) is 0. The molecule has 0 saturated carbocycles. The van der Waals surface area contributed by atoms with Crippen LogP contribution in [0.25, 0.3) is 11.1 Å². The Balaban J connectivity index is 2.59. The minimum atomic E-state index is -1.03. The molecule has 0 heterocycles. The van der Waals surface area contributed by atoms with Crippen LogP contribution in [0.4, 0.5) is 0 Å². The monoisotopic (exact) mass is 328 g/mol. The Morgan fingerprint density at radius 2 is 1.94 bits per heavy atom. The average Bonchev–Trinajstić information content (AvgIpc) is 2.28. The normalized spacial score (nSPS) is 12.5. The Hall–Kier alpha value is -0.480. The smallest absolute Gasteiger partial charge is 0.161 e. The largest absolute Gasteiger partial charge is 0.612 e. The highest BCUT2D eigenvalue weighted by Gasteiger charge is 2.14. The molecule has 0 aliphatic heterocycles. The van der Waals surface area contributed by atoms with Crippen LogP contribution in [0, 0.1) is 0 Å². The fraction of sp³-hybridized carbons (Fsp3) is 0.0769. The van der Waals surface area contributed by atoms with Crippen molar-refractivity contribution in [2.24, 2.45) is 0 Å². The van der Waals surface area contributed by atoms with Crippen LogP contribution in [0.3, 0.4) is 0 Å². The standard InChI is InChI=1S/C13H10BrClOS/c1-17(16)13-8-10(14)5-6-12(13)9-3-2-4-11(15)7-9/h2-8H,1H3. The van der Waals surface area contributed by atoms with Gasteiger partial charge in [0.25, 0.3) is 0 Å². The SMILES string of the molecule is C[S+]([O-])c1cc(Br)ccc1-c1cccc(Cl)c1. The van der Waals surface area contributed by atoms with Crippen molar-refractivity contribution in [3.63, 3.8) is 0 Å². The molecule has 1 atom stereocenters. The topological polar surface area (TPSA) is 23.1 Å². The molecule has 0 amide bonds. The van der Waals surface area contributed by atoms with Crippen LogP contribution in [0.15, 0.2) is 51.8 Å². The third-order valence-electron chi connectivity index (χ3n) is 2.39. The van der Waals surface area contributed by atoms with E-state index < -0.39 is 11.2 Å². The van der Waals surface area contributed by atoms with Gasteiger partial charge in [0, 0.05) is 21.1 Å². The molecule has 1 unspecified atom stereocenters. The zero-order valence-corrected chi connectivity index (χ0v) is 12.3. The summed E-state index contributed by atoms with van der Waals surface area (Å²) in [6.07, 6.45) is 1.68. The van der Waals surface area contributed by atoms with Gasteiger partial charge in [0.2, 0.25) is 0 Å². The van der Waals surface area contributed by atoms with Gasteiger partial charge < -0.3 is 4.55 Å². The molecule has 0 saturated heterocycles. The Morgan fingerprint density at radius 3 is 2.59 bits per heavy atom. The predicted octanol–water partition coefficient (Wildman–Crippen LogP) is 4.51. The third-order valence-corrected chi connectivity index (χ3v) is 4.07. The molecule has 0 radical (unpaired) electrons. The van der Waals surface area contributed by atoms with E-state index in [-0.39, 0.29) is 0 Å². The van der Waals surface area contributed by atoms with E-state index in [0.717, 1.165) is 20.5 Å². The lowest BCUT2D eigenvalue weighted by molar-refractivity contribution is 0.601. The molecule has 1 nitrogen and oxygen atoms in total. The molecule has 0 fully saturated rings. The van der Waals surface area contributed by atoms with E-state index >= 15 is 0 Å². The van der Waals surface area contributed by atoms with Gasteiger partial charge in [0.05, 0.1) is 0 Å². The zero-order valence-electron chi connectivity index (χ0n) is 9.11. The molecule has 0 spiro atoms. The molecule has 4 heteroatoms. The van der Waals surface area contributed by atoms with E-state index in [1.54, 1.807) is 6.26 Å². The van der Waals surface area contributed by atoms with Gasteiger partial charge in [-0.15, -0.1) is 0 Å². The van der Waals surface area contributed by atoms with E-state index in [4.69, 9.17) is 11.6 Å². The second-order valence-corrected chi connectivity index (χ2v) is 6.31. The Labute approximate surface area is 117 Å². The maximum Gasteiger partial charge on any atom is 0.161 e. The lowest BCUT2D eigenvalue weighted by Crippen LogP contribution is -2.00. The van der Waals surface area contributed by atoms with Crippen molar-refractivity contribution in [3.05, 3.63) is 52.0 Å². The van der Waals surface area contributed by atoms with Crippen molar-refractivity contribution >= 4 is 38.7 Å². The van der Waals surface area contributed by atoms with E-state index in [1.165, 1.54) is 0 Å². The summed E-state index contributed by atoms with van der Waals surface area (Å²) in [5.41, 5.74) is 1.94. The van der Waals surface area contributed by atoms with Gasteiger partial charge in [0.1, 0.15) is 6.26 Å². The number of halogens is 2. The first-order valence-corrected chi connectivity index (χ1v) is 7.70. The summed E-state index contributed by atoms with van der Waals surface area (Å²) in [5, 5.41) is 0.679. The molecule has 0 aromatic heterocycles. The van der Waals surface area contributed by atoms with Gasteiger partial charge in [-0.05, 0) is 41.0 Å². The van der Waals surface area contributed by atoms with Crippen LogP contribution in [0.2, 0.25) is 5.02 Å². The van der Waals surface area contributed by atoms with Gasteiger partial charge in [-0.1, -0.05) is 39.7 Å². The summed E-state index contributed by atoms with van der Waals surface area (Å²) >= 11 is 8.33. The number of hydrogen-bond donors (Lipinski definition) is 0. The van der Waals surface area contributed by atoms with E-state index in [1.807, 2.05) is 42.5 Å². The minimum Gasteiger partial charge on any atom is -0.612 e. The number of hydrogen-bond acceptors (Lipinski definition) is 1. The maximum atomic E-state index is 11.7. The van der Waals surface area contributed by atoms with Crippen molar-refractivity contribution in [3.8, 4) is 11.1 Å². The molecule has 0 N–H and O–H groups in total. The average molecular weight is 330 g/mol. The van der Waals surface area contributed by atoms with E-state index in [0.29, 0.717) is 5.02 Å².